The fraction of sp³-hybridized carbons (Fsp3) is 0.929. The van der Waals surface area contributed by atoms with Crippen LogP contribution in [0.2, 0.25) is 0 Å². The molecule has 0 aromatic carbocycles. The van der Waals surface area contributed by atoms with E-state index in [4.69, 9.17) is 0 Å². The minimum Gasteiger partial charge on any atom is -0.353 e. The summed E-state index contributed by atoms with van der Waals surface area (Å²) in [6.45, 7) is 3.98. The van der Waals surface area contributed by atoms with Crippen molar-refractivity contribution in [2.24, 2.45) is 5.41 Å². The van der Waals surface area contributed by atoms with Gasteiger partial charge < -0.3 is 10.6 Å². The van der Waals surface area contributed by atoms with Crippen molar-refractivity contribution in [1.29, 1.82) is 0 Å². The zero-order chi connectivity index (χ0) is 13.0. The Kier molecular flexibility index (Phi) is 4.96. The molecule has 3 unspecified atom stereocenters. The maximum absolute atomic E-state index is 12.5. The molecule has 0 aromatic heterocycles. The molecule has 1 aliphatic carbocycles. The van der Waals surface area contributed by atoms with Crippen LogP contribution in [0.4, 0.5) is 0 Å². The monoisotopic (exact) mass is 270 g/mol. The summed E-state index contributed by atoms with van der Waals surface area (Å²) >= 11 is 1.95. The van der Waals surface area contributed by atoms with Gasteiger partial charge in [0.05, 0.1) is 5.41 Å². The minimum atomic E-state index is -0.133. The van der Waals surface area contributed by atoms with E-state index in [1.807, 2.05) is 11.8 Å². The lowest BCUT2D eigenvalue weighted by molar-refractivity contribution is -0.131. The Balaban J connectivity index is 1.90. The quantitative estimate of drug-likeness (QED) is 0.822. The Labute approximate surface area is 115 Å². The van der Waals surface area contributed by atoms with Crippen molar-refractivity contribution in [3.63, 3.8) is 0 Å². The van der Waals surface area contributed by atoms with E-state index in [1.54, 1.807) is 0 Å². The molecule has 0 spiro atoms. The lowest BCUT2D eigenvalue weighted by atomic mass is 9.82. The molecular formula is C14H26N2OS. The summed E-state index contributed by atoms with van der Waals surface area (Å²) in [5.41, 5.74) is -0.133. The van der Waals surface area contributed by atoms with Crippen molar-refractivity contribution < 1.29 is 4.79 Å². The summed E-state index contributed by atoms with van der Waals surface area (Å²) in [6, 6.07) is 0.410. The Morgan fingerprint density at radius 1 is 1.50 bits per heavy atom. The predicted octanol–water partition coefficient (Wildman–Crippen LogP) is 2.17. The highest BCUT2D eigenvalue weighted by atomic mass is 32.2. The Morgan fingerprint density at radius 3 is 2.94 bits per heavy atom. The van der Waals surface area contributed by atoms with E-state index in [0.29, 0.717) is 11.9 Å². The van der Waals surface area contributed by atoms with Gasteiger partial charge in [-0.15, -0.1) is 0 Å². The second-order valence-electron chi connectivity index (χ2n) is 5.76. The number of hydrogen-bond donors (Lipinski definition) is 2. The van der Waals surface area contributed by atoms with Crippen molar-refractivity contribution in [2.75, 3.05) is 19.3 Å². The fourth-order valence-electron chi connectivity index (χ4n) is 3.23. The van der Waals surface area contributed by atoms with Crippen molar-refractivity contribution >= 4 is 17.7 Å². The van der Waals surface area contributed by atoms with Crippen LogP contribution < -0.4 is 10.6 Å². The van der Waals surface area contributed by atoms with E-state index in [-0.39, 0.29) is 5.41 Å². The van der Waals surface area contributed by atoms with E-state index in [0.717, 1.165) is 44.0 Å². The Morgan fingerprint density at radius 2 is 2.33 bits per heavy atom. The van der Waals surface area contributed by atoms with Gasteiger partial charge in [0.1, 0.15) is 0 Å². The van der Waals surface area contributed by atoms with Crippen LogP contribution in [-0.2, 0) is 4.79 Å². The second kappa shape index (κ2) is 6.29. The molecule has 1 saturated carbocycles. The summed E-state index contributed by atoms with van der Waals surface area (Å²) in [4.78, 5) is 12.5. The van der Waals surface area contributed by atoms with Gasteiger partial charge in [0, 0.05) is 17.8 Å². The van der Waals surface area contributed by atoms with E-state index in [2.05, 4.69) is 23.8 Å². The maximum Gasteiger partial charge on any atom is 0.227 e. The molecule has 1 heterocycles. The van der Waals surface area contributed by atoms with Crippen LogP contribution in [-0.4, -0.2) is 36.5 Å². The Hall–Kier alpha value is -0.220. The normalized spacial score (nSPS) is 36.6. The van der Waals surface area contributed by atoms with E-state index >= 15 is 0 Å². The summed E-state index contributed by atoms with van der Waals surface area (Å²) in [5, 5.41) is 7.40. The summed E-state index contributed by atoms with van der Waals surface area (Å²) in [6.07, 6.45) is 9.01. The standard InChI is InChI=1S/C14H26N2OS/c1-3-14(7-8-15-10-14)13(17)16-11-5-4-6-12(9-11)18-2/h11-12,15H,3-10H2,1-2H3,(H,16,17). The van der Waals surface area contributed by atoms with Crippen LogP contribution >= 0.6 is 11.8 Å². The zero-order valence-corrected chi connectivity index (χ0v) is 12.4. The minimum absolute atomic E-state index is 0.133. The number of carbonyl (C=O) groups is 1. The molecule has 3 nitrogen and oxygen atoms in total. The SMILES string of the molecule is CCC1(C(=O)NC2CCCC(SC)C2)CCNC1. The molecule has 2 N–H and O–H groups in total. The van der Waals surface area contributed by atoms with Gasteiger partial charge in [-0.2, -0.15) is 11.8 Å². The molecule has 0 bridgehead atoms. The molecule has 1 saturated heterocycles. The van der Waals surface area contributed by atoms with Crippen molar-refractivity contribution in [1.82, 2.24) is 10.6 Å². The smallest absolute Gasteiger partial charge is 0.227 e. The van der Waals surface area contributed by atoms with Crippen LogP contribution in [0.5, 0.6) is 0 Å². The van der Waals surface area contributed by atoms with Crippen LogP contribution in [0.25, 0.3) is 0 Å². The average molecular weight is 270 g/mol. The molecule has 104 valence electrons. The molecule has 18 heavy (non-hydrogen) atoms. The van der Waals surface area contributed by atoms with Gasteiger partial charge in [0.15, 0.2) is 0 Å². The van der Waals surface area contributed by atoms with Gasteiger partial charge in [-0.3, -0.25) is 4.79 Å². The molecule has 2 fully saturated rings. The van der Waals surface area contributed by atoms with Gasteiger partial charge in [-0.05, 0) is 44.9 Å². The highest BCUT2D eigenvalue weighted by molar-refractivity contribution is 7.99. The fourth-order valence-corrected chi connectivity index (χ4v) is 4.06. The number of carbonyl (C=O) groups excluding carboxylic acids is 1. The Bertz CT molecular complexity index is 290. The largest absolute Gasteiger partial charge is 0.353 e. The molecule has 2 aliphatic rings. The number of thioether (sulfide) groups is 1. The van der Waals surface area contributed by atoms with Gasteiger partial charge in [-0.25, -0.2) is 0 Å². The third-order valence-electron chi connectivity index (χ3n) is 4.70. The number of hydrogen-bond acceptors (Lipinski definition) is 3. The maximum atomic E-state index is 12.5. The average Bonchev–Trinajstić information content (AvgIpc) is 2.89. The van der Waals surface area contributed by atoms with Crippen molar-refractivity contribution in [2.45, 2.75) is 56.7 Å². The highest BCUT2D eigenvalue weighted by Crippen LogP contribution is 2.32. The van der Waals surface area contributed by atoms with Gasteiger partial charge in [0.2, 0.25) is 5.91 Å². The second-order valence-corrected chi connectivity index (χ2v) is 6.89. The molecule has 4 heteroatoms. The lowest BCUT2D eigenvalue weighted by Crippen LogP contribution is -2.48. The van der Waals surface area contributed by atoms with Crippen molar-refractivity contribution in [3.8, 4) is 0 Å². The molecule has 0 aromatic rings. The van der Waals surface area contributed by atoms with Crippen LogP contribution in [0.3, 0.4) is 0 Å². The molecule has 0 radical (unpaired) electrons. The number of nitrogens with one attached hydrogen (secondary N) is 2. The molecule has 2 rings (SSSR count). The first-order chi connectivity index (χ1) is 8.70. The first kappa shape index (κ1) is 14.2. The van der Waals surface area contributed by atoms with Gasteiger partial charge >= 0.3 is 0 Å². The highest BCUT2D eigenvalue weighted by Gasteiger charge is 2.40. The predicted molar refractivity (Wildman–Crippen MR) is 77.9 cm³/mol. The molecule has 1 amide bonds. The lowest BCUT2D eigenvalue weighted by Gasteiger charge is -2.33. The van der Waals surface area contributed by atoms with Gasteiger partial charge in [-0.1, -0.05) is 13.3 Å². The molecular weight excluding hydrogens is 244 g/mol. The van der Waals surface area contributed by atoms with E-state index < -0.39 is 0 Å². The first-order valence-electron chi connectivity index (χ1n) is 7.24. The summed E-state index contributed by atoms with van der Waals surface area (Å²) in [7, 11) is 0. The van der Waals surface area contributed by atoms with Crippen molar-refractivity contribution in [3.05, 3.63) is 0 Å². The summed E-state index contributed by atoms with van der Waals surface area (Å²) in [5.74, 6) is 0.293. The zero-order valence-electron chi connectivity index (χ0n) is 11.6. The third kappa shape index (κ3) is 3.02. The topological polar surface area (TPSA) is 41.1 Å². The number of rotatable bonds is 4. The van der Waals surface area contributed by atoms with Gasteiger partial charge in [0.25, 0.3) is 0 Å². The van der Waals surface area contributed by atoms with Crippen LogP contribution in [0, 0.1) is 5.41 Å². The molecule has 1 aliphatic heterocycles. The first-order valence-corrected chi connectivity index (χ1v) is 8.53. The van der Waals surface area contributed by atoms with Crippen LogP contribution in [0.15, 0.2) is 0 Å². The summed E-state index contributed by atoms with van der Waals surface area (Å²) < 4.78 is 0. The molecule has 3 atom stereocenters. The van der Waals surface area contributed by atoms with E-state index in [9.17, 15) is 4.79 Å². The van der Waals surface area contributed by atoms with Crippen LogP contribution in [0.1, 0.15) is 45.4 Å². The third-order valence-corrected chi connectivity index (χ3v) is 5.79. The van der Waals surface area contributed by atoms with E-state index in [1.165, 1.54) is 12.8 Å². The number of amides is 1.